The number of hydrogen-bond donors (Lipinski definition) is 2. The van der Waals surface area contributed by atoms with Crippen molar-refractivity contribution in [1.29, 1.82) is 0 Å². The fourth-order valence-corrected chi connectivity index (χ4v) is 2.67. The molecule has 108 valence electrons. The SMILES string of the molecule is COc1ccc(Br)c(C(=O)N2CC(O)CC2C(N)=O)c1. The zero-order chi connectivity index (χ0) is 14.9. The molecule has 0 aromatic heterocycles. The van der Waals surface area contributed by atoms with Gasteiger partial charge in [0.05, 0.1) is 18.8 Å². The van der Waals surface area contributed by atoms with Gasteiger partial charge in [-0.3, -0.25) is 9.59 Å². The van der Waals surface area contributed by atoms with E-state index < -0.39 is 18.1 Å². The van der Waals surface area contributed by atoms with Crippen LogP contribution in [-0.2, 0) is 4.79 Å². The predicted octanol–water partition coefficient (Wildman–Crippen LogP) is 0.518. The summed E-state index contributed by atoms with van der Waals surface area (Å²) in [5.41, 5.74) is 5.65. The minimum absolute atomic E-state index is 0.0933. The van der Waals surface area contributed by atoms with Gasteiger partial charge in [-0.15, -0.1) is 0 Å². The number of ether oxygens (including phenoxy) is 1. The number of nitrogens with two attached hydrogens (primary N) is 1. The maximum Gasteiger partial charge on any atom is 0.255 e. The normalized spacial score (nSPS) is 21.9. The molecule has 0 bridgehead atoms. The summed E-state index contributed by atoms with van der Waals surface area (Å²) in [7, 11) is 1.50. The Morgan fingerprint density at radius 3 is 2.80 bits per heavy atom. The second-order valence-electron chi connectivity index (χ2n) is 4.61. The molecular weight excluding hydrogens is 328 g/mol. The standard InChI is InChI=1S/C13H15BrN2O4/c1-20-8-2-3-10(14)9(5-8)13(19)16-6-7(17)4-11(16)12(15)18/h2-3,5,7,11,17H,4,6H2,1H3,(H2,15,18). The van der Waals surface area contributed by atoms with Crippen LogP contribution in [0.1, 0.15) is 16.8 Å². The third-order valence-corrected chi connectivity index (χ3v) is 3.96. The maximum atomic E-state index is 12.5. The minimum atomic E-state index is -0.782. The van der Waals surface area contributed by atoms with Crippen molar-refractivity contribution in [1.82, 2.24) is 4.90 Å². The van der Waals surface area contributed by atoms with E-state index in [1.807, 2.05) is 0 Å². The van der Waals surface area contributed by atoms with Gasteiger partial charge in [-0.05, 0) is 34.1 Å². The summed E-state index contributed by atoms with van der Waals surface area (Å²) in [5, 5.41) is 9.65. The molecule has 1 saturated heterocycles. The smallest absolute Gasteiger partial charge is 0.255 e. The zero-order valence-electron chi connectivity index (χ0n) is 10.9. The molecule has 0 radical (unpaired) electrons. The number of methoxy groups -OCH3 is 1. The van der Waals surface area contributed by atoms with E-state index >= 15 is 0 Å². The molecule has 0 aliphatic carbocycles. The summed E-state index contributed by atoms with van der Waals surface area (Å²) in [6.07, 6.45) is -0.566. The Labute approximate surface area is 124 Å². The molecule has 2 unspecified atom stereocenters. The molecule has 0 saturated carbocycles. The number of likely N-dealkylation sites (tertiary alicyclic amines) is 1. The number of hydrogen-bond acceptors (Lipinski definition) is 4. The second kappa shape index (κ2) is 5.80. The van der Waals surface area contributed by atoms with Crippen molar-refractivity contribution in [2.75, 3.05) is 13.7 Å². The molecule has 1 aromatic rings. The molecule has 1 aliphatic heterocycles. The molecule has 0 spiro atoms. The van der Waals surface area contributed by atoms with Crippen molar-refractivity contribution in [3.63, 3.8) is 0 Å². The number of amides is 2. The number of aliphatic hydroxyl groups excluding tert-OH is 1. The lowest BCUT2D eigenvalue weighted by molar-refractivity contribution is -0.121. The first-order valence-electron chi connectivity index (χ1n) is 6.06. The average molecular weight is 343 g/mol. The zero-order valence-corrected chi connectivity index (χ0v) is 12.5. The van der Waals surface area contributed by atoms with E-state index in [4.69, 9.17) is 10.5 Å². The Kier molecular flexibility index (Phi) is 4.29. The fourth-order valence-electron chi connectivity index (χ4n) is 2.26. The highest BCUT2D eigenvalue weighted by atomic mass is 79.9. The number of benzene rings is 1. The number of rotatable bonds is 3. The second-order valence-corrected chi connectivity index (χ2v) is 5.47. The number of aliphatic hydroxyl groups is 1. The average Bonchev–Trinajstić information content (AvgIpc) is 2.81. The Morgan fingerprint density at radius 1 is 1.50 bits per heavy atom. The molecule has 3 N–H and O–H groups in total. The third kappa shape index (κ3) is 2.78. The third-order valence-electron chi connectivity index (χ3n) is 3.27. The van der Waals surface area contributed by atoms with Gasteiger partial charge >= 0.3 is 0 Å². The van der Waals surface area contributed by atoms with E-state index in [9.17, 15) is 14.7 Å². The van der Waals surface area contributed by atoms with Crippen LogP contribution < -0.4 is 10.5 Å². The lowest BCUT2D eigenvalue weighted by Gasteiger charge is -2.22. The highest BCUT2D eigenvalue weighted by Gasteiger charge is 2.38. The molecule has 1 fully saturated rings. The van der Waals surface area contributed by atoms with E-state index in [1.54, 1.807) is 18.2 Å². The lowest BCUT2D eigenvalue weighted by Crippen LogP contribution is -2.43. The maximum absolute atomic E-state index is 12.5. The van der Waals surface area contributed by atoms with E-state index in [0.717, 1.165) is 0 Å². The van der Waals surface area contributed by atoms with Gasteiger partial charge in [0.25, 0.3) is 5.91 Å². The Bertz CT molecular complexity index is 549. The summed E-state index contributed by atoms with van der Waals surface area (Å²) in [4.78, 5) is 25.2. The van der Waals surface area contributed by atoms with Crippen LogP contribution in [0.3, 0.4) is 0 Å². The van der Waals surface area contributed by atoms with Gasteiger partial charge in [0, 0.05) is 17.4 Å². The van der Waals surface area contributed by atoms with Crippen molar-refractivity contribution < 1.29 is 19.4 Å². The summed E-state index contributed by atoms with van der Waals surface area (Å²) >= 11 is 3.30. The molecule has 1 aliphatic rings. The van der Waals surface area contributed by atoms with Crippen LogP contribution in [0.15, 0.2) is 22.7 Å². The van der Waals surface area contributed by atoms with E-state index in [-0.39, 0.29) is 18.9 Å². The number of nitrogens with zero attached hydrogens (tertiary/aromatic N) is 1. The van der Waals surface area contributed by atoms with Gasteiger partial charge in [-0.2, -0.15) is 0 Å². The van der Waals surface area contributed by atoms with Crippen molar-refractivity contribution in [3.8, 4) is 5.75 Å². The number of β-amino-alcohol motifs (C(OH)–C–C–N with tert-alkyl or cyclic N) is 1. The fraction of sp³-hybridized carbons (Fsp3) is 0.385. The summed E-state index contributed by atoms with van der Waals surface area (Å²) in [6, 6.07) is 4.20. The largest absolute Gasteiger partial charge is 0.497 e. The number of halogens is 1. The topological polar surface area (TPSA) is 92.9 Å². The van der Waals surface area contributed by atoms with Crippen LogP contribution in [0.25, 0.3) is 0 Å². The van der Waals surface area contributed by atoms with E-state index in [1.165, 1.54) is 12.0 Å². The van der Waals surface area contributed by atoms with Crippen LogP contribution >= 0.6 is 15.9 Å². The Balaban J connectivity index is 2.33. The van der Waals surface area contributed by atoms with Gasteiger partial charge in [0.2, 0.25) is 5.91 Å². The van der Waals surface area contributed by atoms with Crippen LogP contribution in [0, 0.1) is 0 Å². The van der Waals surface area contributed by atoms with Gasteiger partial charge in [-0.1, -0.05) is 0 Å². The molecule has 7 heteroatoms. The first-order chi connectivity index (χ1) is 9.43. The number of carbonyl (C=O) groups excluding carboxylic acids is 2. The van der Waals surface area contributed by atoms with Crippen molar-refractivity contribution in [3.05, 3.63) is 28.2 Å². The monoisotopic (exact) mass is 342 g/mol. The van der Waals surface area contributed by atoms with Crippen LogP contribution in [0.2, 0.25) is 0 Å². The number of carbonyl (C=O) groups is 2. The summed E-state index contributed by atoms with van der Waals surface area (Å²) in [6.45, 7) is 0.0933. The van der Waals surface area contributed by atoms with Gasteiger partial charge in [-0.25, -0.2) is 0 Å². The van der Waals surface area contributed by atoms with Crippen molar-refractivity contribution in [2.45, 2.75) is 18.6 Å². The van der Waals surface area contributed by atoms with Crippen molar-refractivity contribution in [2.24, 2.45) is 5.73 Å². The van der Waals surface area contributed by atoms with E-state index in [0.29, 0.717) is 15.8 Å². The quantitative estimate of drug-likeness (QED) is 0.837. The molecular formula is C13H15BrN2O4. The molecule has 20 heavy (non-hydrogen) atoms. The van der Waals surface area contributed by atoms with E-state index in [2.05, 4.69) is 15.9 Å². The number of primary amides is 1. The Morgan fingerprint density at radius 2 is 2.20 bits per heavy atom. The van der Waals surface area contributed by atoms with Crippen LogP contribution in [0.5, 0.6) is 5.75 Å². The molecule has 2 amide bonds. The first kappa shape index (κ1) is 14.8. The Hall–Kier alpha value is -1.60. The molecule has 2 atom stereocenters. The predicted molar refractivity (Wildman–Crippen MR) is 75.3 cm³/mol. The van der Waals surface area contributed by atoms with Crippen molar-refractivity contribution >= 4 is 27.7 Å². The minimum Gasteiger partial charge on any atom is -0.497 e. The highest BCUT2D eigenvalue weighted by molar-refractivity contribution is 9.10. The molecule has 6 nitrogen and oxygen atoms in total. The summed E-state index contributed by atoms with van der Waals surface area (Å²) in [5.74, 6) is -0.447. The molecule has 1 heterocycles. The molecule has 2 rings (SSSR count). The van der Waals surface area contributed by atoms with Crippen LogP contribution in [0.4, 0.5) is 0 Å². The van der Waals surface area contributed by atoms with Gasteiger partial charge in [0.15, 0.2) is 0 Å². The van der Waals surface area contributed by atoms with Gasteiger partial charge in [0.1, 0.15) is 11.8 Å². The lowest BCUT2D eigenvalue weighted by atomic mass is 10.1. The first-order valence-corrected chi connectivity index (χ1v) is 6.85. The molecule has 1 aromatic carbocycles. The van der Waals surface area contributed by atoms with Gasteiger partial charge < -0.3 is 20.5 Å². The van der Waals surface area contributed by atoms with Crippen LogP contribution in [-0.4, -0.2) is 47.6 Å². The summed E-state index contributed by atoms with van der Waals surface area (Å²) < 4.78 is 5.68. The highest BCUT2D eigenvalue weighted by Crippen LogP contribution is 2.27.